The maximum absolute atomic E-state index is 5.73. The number of hydrogen-bond acceptors (Lipinski definition) is 3. The van der Waals surface area contributed by atoms with Gasteiger partial charge in [0, 0.05) is 16.8 Å². The Morgan fingerprint density at radius 1 is 1.15 bits per heavy atom. The fraction of sp³-hybridized carbons (Fsp3) is 0.188. The van der Waals surface area contributed by atoms with Gasteiger partial charge in [0.2, 0.25) is 0 Å². The normalized spacial score (nSPS) is 10.9. The van der Waals surface area contributed by atoms with Gasteiger partial charge in [-0.1, -0.05) is 18.2 Å². The lowest BCUT2D eigenvalue weighted by Gasteiger charge is -2.05. The van der Waals surface area contributed by atoms with Gasteiger partial charge in [0.15, 0.2) is 0 Å². The molecule has 0 radical (unpaired) electrons. The van der Waals surface area contributed by atoms with E-state index >= 15 is 0 Å². The van der Waals surface area contributed by atoms with Crippen LogP contribution >= 0.6 is 0 Å². The lowest BCUT2D eigenvalue weighted by atomic mass is 10.0. The van der Waals surface area contributed by atoms with Gasteiger partial charge in [-0.05, 0) is 32.0 Å². The van der Waals surface area contributed by atoms with Crippen molar-refractivity contribution in [1.82, 2.24) is 9.78 Å². The van der Waals surface area contributed by atoms with Gasteiger partial charge in [0.05, 0.1) is 24.2 Å². The second kappa shape index (κ2) is 4.98. The molecule has 0 saturated heterocycles. The van der Waals surface area contributed by atoms with Gasteiger partial charge in [-0.25, -0.2) is 4.68 Å². The number of nitrogens with two attached hydrogens (primary N) is 1. The van der Waals surface area contributed by atoms with E-state index in [1.807, 2.05) is 48.0 Å². The van der Waals surface area contributed by atoms with Gasteiger partial charge in [0.1, 0.15) is 5.76 Å². The smallest absolute Gasteiger partial charge is 0.125 e. The fourth-order valence-electron chi connectivity index (χ4n) is 2.57. The number of aryl methyl sites for hydroxylation is 1. The van der Waals surface area contributed by atoms with Crippen molar-refractivity contribution in [3.8, 4) is 16.8 Å². The van der Waals surface area contributed by atoms with Gasteiger partial charge in [-0.15, -0.1) is 0 Å². The maximum atomic E-state index is 5.73. The van der Waals surface area contributed by atoms with Crippen LogP contribution in [0.2, 0.25) is 0 Å². The Balaban J connectivity index is 2.17. The van der Waals surface area contributed by atoms with E-state index in [2.05, 4.69) is 12.0 Å². The van der Waals surface area contributed by atoms with Crippen LogP contribution in [0.15, 0.2) is 47.1 Å². The van der Waals surface area contributed by atoms with Crippen LogP contribution in [0, 0.1) is 13.8 Å². The molecule has 0 unspecified atom stereocenters. The minimum absolute atomic E-state index is 0.387. The molecule has 102 valence electrons. The summed E-state index contributed by atoms with van der Waals surface area (Å²) in [5.74, 6) is 0.795. The molecule has 0 atom stereocenters. The molecule has 0 aliphatic rings. The van der Waals surface area contributed by atoms with Crippen molar-refractivity contribution in [2.24, 2.45) is 5.73 Å². The molecule has 0 aliphatic carbocycles. The standard InChI is InChI=1S/C16H17N3O/c1-11-16(14-8-9-20-15(14)10-17)12(2)19(18-11)13-6-4-3-5-7-13/h3-9H,10,17H2,1-2H3. The molecule has 0 amide bonds. The van der Waals surface area contributed by atoms with Crippen LogP contribution in [-0.2, 0) is 6.54 Å². The molecule has 2 heterocycles. The highest BCUT2D eigenvalue weighted by atomic mass is 16.3. The van der Waals surface area contributed by atoms with E-state index in [9.17, 15) is 0 Å². The van der Waals surface area contributed by atoms with Crippen molar-refractivity contribution in [2.75, 3.05) is 0 Å². The van der Waals surface area contributed by atoms with E-state index in [0.717, 1.165) is 34.0 Å². The third kappa shape index (κ3) is 1.94. The minimum atomic E-state index is 0.387. The first kappa shape index (κ1) is 12.7. The number of hydrogen-bond donors (Lipinski definition) is 1. The molecule has 3 rings (SSSR count). The number of aromatic nitrogens is 2. The lowest BCUT2D eigenvalue weighted by Crippen LogP contribution is -1.99. The van der Waals surface area contributed by atoms with E-state index in [-0.39, 0.29) is 0 Å². The molecule has 4 heteroatoms. The van der Waals surface area contributed by atoms with Crippen LogP contribution in [0.25, 0.3) is 16.8 Å². The molecule has 0 saturated carbocycles. The van der Waals surface area contributed by atoms with Crippen LogP contribution in [0.3, 0.4) is 0 Å². The average Bonchev–Trinajstić information content (AvgIpc) is 3.04. The minimum Gasteiger partial charge on any atom is -0.467 e. The average molecular weight is 267 g/mol. The number of nitrogens with zero attached hydrogens (tertiary/aromatic N) is 2. The first-order valence-electron chi connectivity index (χ1n) is 6.61. The Hall–Kier alpha value is -2.33. The van der Waals surface area contributed by atoms with E-state index in [1.54, 1.807) is 6.26 Å². The second-order valence-electron chi connectivity index (χ2n) is 4.75. The Bertz CT molecular complexity index is 726. The van der Waals surface area contributed by atoms with Crippen LogP contribution in [0.1, 0.15) is 17.1 Å². The number of rotatable bonds is 3. The van der Waals surface area contributed by atoms with E-state index in [4.69, 9.17) is 10.2 Å². The summed E-state index contributed by atoms with van der Waals surface area (Å²) in [7, 11) is 0. The molecule has 4 nitrogen and oxygen atoms in total. The zero-order chi connectivity index (χ0) is 14.1. The first-order chi connectivity index (χ1) is 9.72. The monoisotopic (exact) mass is 267 g/mol. The number of para-hydroxylation sites is 1. The molecule has 2 aromatic heterocycles. The second-order valence-corrected chi connectivity index (χ2v) is 4.75. The maximum Gasteiger partial charge on any atom is 0.125 e. The van der Waals surface area contributed by atoms with Crippen LogP contribution in [0.5, 0.6) is 0 Å². The van der Waals surface area contributed by atoms with Crippen molar-refractivity contribution in [1.29, 1.82) is 0 Å². The summed E-state index contributed by atoms with van der Waals surface area (Å²) in [5, 5.41) is 4.65. The largest absolute Gasteiger partial charge is 0.467 e. The third-order valence-electron chi connectivity index (χ3n) is 3.49. The summed E-state index contributed by atoms with van der Waals surface area (Å²) in [6, 6.07) is 12.1. The quantitative estimate of drug-likeness (QED) is 0.792. The van der Waals surface area contributed by atoms with Crippen molar-refractivity contribution in [3.63, 3.8) is 0 Å². The first-order valence-corrected chi connectivity index (χ1v) is 6.61. The van der Waals surface area contributed by atoms with Gasteiger partial charge in [-0.3, -0.25) is 0 Å². The number of benzene rings is 1. The van der Waals surface area contributed by atoms with Crippen LogP contribution in [0.4, 0.5) is 0 Å². The Labute approximate surface area is 117 Å². The molecule has 1 aromatic carbocycles. The predicted molar refractivity (Wildman–Crippen MR) is 78.6 cm³/mol. The molecule has 0 fully saturated rings. The molecular formula is C16H17N3O. The van der Waals surface area contributed by atoms with Crippen molar-refractivity contribution in [2.45, 2.75) is 20.4 Å². The van der Waals surface area contributed by atoms with Crippen LogP contribution in [-0.4, -0.2) is 9.78 Å². The van der Waals surface area contributed by atoms with E-state index in [1.165, 1.54) is 0 Å². The van der Waals surface area contributed by atoms with Gasteiger partial charge in [-0.2, -0.15) is 5.10 Å². The topological polar surface area (TPSA) is 57.0 Å². The van der Waals surface area contributed by atoms with E-state index in [0.29, 0.717) is 6.54 Å². The Morgan fingerprint density at radius 2 is 1.90 bits per heavy atom. The lowest BCUT2D eigenvalue weighted by molar-refractivity contribution is 0.513. The summed E-state index contributed by atoms with van der Waals surface area (Å²) in [6.45, 7) is 4.46. The fourth-order valence-corrected chi connectivity index (χ4v) is 2.57. The highest BCUT2D eigenvalue weighted by Gasteiger charge is 2.18. The number of furan rings is 1. The molecule has 0 aliphatic heterocycles. The Kier molecular flexibility index (Phi) is 3.16. The van der Waals surface area contributed by atoms with Crippen molar-refractivity contribution >= 4 is 0 Å². The SMILES string of the molecule is Cc1nn(-c2ccccc2)c(C)c1-c1ccoc1CN. The van der Waals surface area contributed by atoms with Gasteiger partial charge in [0.25, 0.3) is 0 Å². The molecule has 3 aromatic rings. The summed E-state index contributed by atoms with van der Waals surface area (Å²) in [5.41, 5.74) is 11.0. The van der Waals surface area contributed by atoms with Gasteiger partial charge >= 0.3 is 0 Å². The van der Waals surface area contributed by atoms with Crippen molar-refractivity contribution < 1.29 is 4.42 Å². The Morgan fingerprint density at radius 3 is 2.60 bits per heavy atom. The zero-order valence-electron chi connectivity index (χ0n) is 11.6. The summed E-state index contributed by atoms with van der Waals surface area (Å²) in [4.78, 5) is 0. The third-order valence-corrected chi connectivity index (χ3v) is 3.49. The summed E-state index contributed by atoms with van der Waals surface area (Å²) < 4.78 is 7.39. The molecule has 0 spiro atoms. The van der Waals surface area contributed by atoms with E-state index < -0.39 is 0 Å². The molecule has 0 bridgehead atoms. The zero-order valence-corrected chi connectivity index (χ0v) is 11.6. The highest BCUT2D eigenvalue weighted by molar-refractivity contribution is 5.71. The predicted octanol–water partition coefficient (Wildman–Crippen LogP) is 3.21. The molecular weight excluding hydrogens is 250 g/mol. The van der Waals surface area contributed by atoms with Crippen LogP contribution < -0.4 is 5.73 Å². The molecule has 2 N–H and O–H groups in total. The van der Waals surface area contributed by atoms with Gasteiger partial charge < -0.3 is 10.2 Å². The van der Waals surface area contributed by atoms with Crippen molar-refractivity contribution in [3.05, 3.63) is 59.8 Å². The highest BCUT2D eigenvalue weighted by Crippen LogP contribution is 2.31. The summed E-state index contributed by atoms with van der Waals surface area (Å²) >= 11 is 0. The molecule has 20 heavy (non-hydrogen) atoms. The summed E-state index contributed by atoms with van der Waals surface area (Å²) in [6.07, 6.45) is 1.68.